The van der Waals surface area contributed by atoms with Crippen molar-refractivity contribution in [3.8, 4) is 5.75 Å². The third kappa shape index (κ3) is 6.65. The van der Waals surface area contributed by atoms with E-state index in [1.54, 1.807) is 6.08 Å². The van der Waals surface area contributed by atoms with Crippen molar-refractivity contribution in [2.75, 3.05) is 0 Å². The molecule has 0 aromatic heterocycles. The van der Waals surface area contributed by atoms with Crippen LogP contribution >= 0.6 is 0 Å². The highest BCUT2D eigenvalue weighted by molar-refractivity contribution is 5.87. The summed E-state index contributed by atoms with van der Waals surface area (Å²) in [5.74, 6) is 0.448. The zero-order valence-electron chi connectivity index (χ0n) is 12.3. The van der Waals surface area contributed by atoms with Gasteiger partial charge in [0.05, 0.1) is 6.10 Å². The van der Waals surface area contributed by atoms with Crippen LogP contribution in [-0.4, -0.2) is 17.7 Å². The van der Waals surface area contributed by atoms with Crippen LogP contribution < -0.4 is 4.74 Å². The number of hydrogen-bond acceptors (Lipinski definition) is 3. The minimum atomic E-state index is -0.468. The van der Waals surface area contributed by atoms with Crippen LogP contribution in [-0.2, 0) is 9.53 Å². The zero-order valence-corrected chi connectivity index (χ0v) is 12.3. The van der Waals surface area contributed by atoms with Crippen LogP contribution in [0.3, 0.4) is 0 Å². The van der Waals surface area contributed by atoms with Crippen LogP contribution in [0.2, 0.25) is 0 Å². The normalized spacial score (nSPS) is 11.9. The van der Waals surface area contributed by atoms with Crippen molar-refractivity contribution in [1.29, 1.82) is 0 Å². The first kappa shape index (κ1) is 15.3. The highest BCUT2D eigenvalue weighted by Crippen LogP contribution is 2.16. The topological polar surface area (TPSA) is 35.5 Å². The van der Waals surface area contributed by atoms with Crippen LogP contribution in [0.25, 0.3) is 6.08 Å². The van der Waals surface area contributed by atoms with Crippen molar-refractivity contribution >= 4 is 12.0 Å². The Morgan fingerprint density at radius 3 is 2.53 bits per heavy atom. The summed E-state index contributed by atoms with van der Waals surface area (Å²) in [4.78, 5) is 11.6. The molecule has 3 nitrogen and oxygen atoms in total. The lowest BCUT2D eigenvalue weighted by molar-refractivity contribution is -0.148. The number of ether oxygens (including phenoxy) is 2. The lowest BCUT2D eigenvalue weighted by Gasteiger charge is -2.17. The Hall–Kier alpha value is -1.77. The average Bonchev–Trinajstić information content (AvgIpc) is 2.23. The van der Waals surface area contributed by atoms with E-state index >= 15 is 0 Å². The molecule has 0 N–H and O–H groups in total. The molecule has 0 amide bonds. The van der Waals surface area contributed by atoms with E-state index in [9.17, 15) is 4.79 Å². The van der Waals surface area contributed by atoms with Gasteiger partial charge < -0.3 is 9.47 Å². The smallest absolute Gasteiger partial charge is 0.331 e. The molecular formula is C16H22O3. The molecule has 0 aliphatic rings. The largest absolute Gasteiger partial charge is 0.491 e. The predicted octanol–water partition coefficient (Wildman–Crippen LogP) is 3.83. The second-order valence-corrected chi connectivity index (χ2v) is 5.61. The van der Waals surface area contributed by atoms with Crippen LogP contribution in [0, 0.1) is 0 Å². The van der Waals surface area contributed by atoms with E-state index in [-0.39, 0.29) is 12.1 Å². The molecule has 0 saturated carbocycles. The maximum atomic E-state index is 11.6. The molecule has 0 aliphatic carbocycles. The van der Waals surface area contributed by atoms with Crippen molar-refractivity contribution in [3.63, 3.8) is 0 Å². The van der Waals surface area contributed by atoms with E-state index in [2.05, 4.69) is 0 Å². The number of benzene rings is 1. The van der Waals surface area contributed by atoms with E-state index in [0.717, 1.165) is 11.3 Å². The highest BCUT2D eigenvalue weighted by Gasteiger charge is 2.13. The van der Waals surface area contributed by atoms with E-state index in [4.69, 9.17) is 9.47 Å². The molecule has 3 heteroatoms. The Kier molecular flexibility index (Phi) is 5.16. The molecule has 1 aromatic carbocycles. The summed E-state index contributed by atoms with van der Waals surface area (Å²) in [6, 6.07) is 7.59. The Morgan fingerprint density at radius 1 is 1.26 bits per heavy atom. The van der Waals surface area contributed by atoms with Gasteiger partial charge in [-0.3, -0.25) is 0 Å². The number of carbonyl (C=O) groups excluding carboxylic acids is 1. The molecule has 0 fully saturated rings. The Labute approximate surface area is 115 Å². The van der Waals surface area contributed by atoms with Crippen LogP contribution in [0.15, 0.2) is 30.3 Å². The minimum Gasteiger partial charge on any atom is -0.491 e. The predicted molar refractivity (Wildman–Crippen MR) is 77.1 cm³/mol. The molecule has 104 valence electrons. The van der Waals surface area contributed by atoms with Gasteiger partial charge >= 0.3 is 5.97 Å². The maximum absolute atomic E-state index is 11.6. The van der Waals surface area contributed by atoms with Gasteiger partial charge in [0.15, 0.2) is 0 Å². The number of carbonyl (C=O) groups is 1. The first-order chi connectivity index (χ1) is 8.76. The van der Waals surface area contributed by atoms with Gasteiger partial charge in [0, 0.05) is 6.08 Å². The fourth-order valence-corrected chi connectivity index (χ4v) is 1.46. The minimum absolute atomic E-state index is 0.130. The maximum Gasteiger partial charge on any atom is 0.331 e. The average molecular weight is 262 g/mol. The van der Waals surface area contributed by atoms with Gasteiger partial charge in [-0.1, -0.05) is 12.1 Å². The summed E-state index contributed by atoms with van der Waals surface area (Å²) in [6.07, 6.45) is 3.28. The third-order valence-electron chi connectivity index (χ3n) is 2.05. The molecule has 0 heterocycles. The van der Waals surface area contributed by atoms with Gasteiger partial charge in [0.2, 0.25) is 0 Å². The SMILES string of the molecule is CC(C)Oc1cccc(/C=C/C(=O)OC(C)(C)C)c1. The summed E-state index contributed by atoms with van der Waals surface area (Å²) in [7, 11) is 0. The van der Waals surface area contributed by atoms with Crippen molar-refractivity contribution in [2.45, 2.75) is 46.3 Å². The number of esters is 1. The molecule has 0 radical (unpaired) electrons. The first-order valence-electron chi connectivity index (χ1n) is 6.44. The van der Waals surface area contributed by atoms with Gasteiger partial charge in [-0.25, -0.2) is 4.79 Å². The van der Waals surface area contributed by atoms with Crippen LogP contribution in [0.1, 0.15) is 40.2 Å². The Balaban J connectivity index is 2.69. The molecule has 0 bridgehead atoms. The van der Waals surface area contributed by atoms with Crippen LogP contribution in [0.5, 0.6) is 5.75 Å². The molecule has 0 aliphatic heterocycles. The first-order valence-corrected chi connectivity index (χ1v) is 6.44. The molecule has 19 heavy (non-hydrogen) atoms. The molecule has 0 spiro atoms. The summed E-state index contributed by atoms with van der Waals surface area (Å²) >= 11 is 0. The molecule has 1 aromatic rings. The number of hydrogen-bond donors (Lipinski definition) is 0. The van der Waals surface area contributed by atoms with E-state index in [1.807, 2.05) is 58.9 Å². The van der Waals surface area contributed by atoms with Crippen molar-refractivity contribution in [3.05, 3.63) is 35.9 Å². The van der Waals surface area contributed by atoms with Gasteiger partial charge in [-0.2, -0.15) is 0 Å². The van der Waals surface area contributed by atoms with Crippen LogP contribution in [0.4, 0.5) is 0 Å². The molecule has 0 atom stereocenters. The van der Waals surface area contributed by atoms with Crippen molar-refractivity contribution < 1.29 is 14.3 Å². The quantitative estimate of drug-likeness (QED) is 0.611. The fraction of sp³-hybridized carbons (Fsp3) is 0.438. The molecule has 1 rings (SSSR count). The Morgan fingerprint density at radius 2 is 1.95 bits per heavy atom. The second-order valence-electron chi connectivity index (χ2n) is 5.61. The Bertz CT molecular complexity index is 453. The molecule has 0 unspecified atom stereocenters. The molecule has 0 saturated heterocycles. The van der Waals surface area contributed by atoms with Gasteiger partial charge in [-0.15, -0.1) is 0 Å². The highest BCUT2D eigenvalue weighted by atomic mass is 16.6. The monoisotopic (exact) mass is 262 g/mol. The zero-order chi connectivity index (χ0) is 14.5. The lowest BCUT2D eigenvalue weighted by Crippen LogP contribution is -2.22. The van der Waals surface area contributed by atoms with Gasteiger partial charge in [0.25, 0.3) is 0 Å². The third-order valence-corrected chi connectivity index (χ3v) is 2.05. The van der Waals surface area contributed by atoms with Gasteiger partial charge in [0.1, 0.15) is 11.4 Å². The van der Waals surface area contributed by atoms with E-state index in [0.29, 0.717) is 0 Å². The summed E-state index contributed by atoms with van der Waals surface area (Å²) < 4.78 is 10.8. The van der Waals surface area contributed by atoms with E-state index in [1.165, 1.54) is 6.08 Å². The fourth-order valence-electron chi connectivity index (χ4n) is 1.46. The summed E-state index contributed by atoms with van der Waals surface area (Å²) in [5.41, 5.74) is 0.438. The summed E-state index contributed by atoms with van der Waals surface area (Å²) in [6.45, 7) is 9.48. The number of rotatable bonds is 4. The summed E-state index contributed by atoms with van der Waals surface area (Å²) in [5, 5.41) is 0. The lowest BCUT2D eigenvalue weighted by atomic mass is 10.2. The van der Waals surface area contributed by atoms with Crippen molar-refractivity contribution in [1.82, 2.24) is 0 Å². The molecular weight excluding hydrogens is 240 g/mol. The second kappa shape index (κ2) is 6.41. The van der Waals surface area contributed by atoms with E-state index < -0.39 is 5.60 Å². The van der Waals surface area contributed by atoms with Gasteiger partial charge in [-0.05, 0) is 58.4 Å². The standard InChI is InChI=1S/C16H22O3/c1-12(2)18-14-8-6-7-13(11-14)9-10-15(17)19-16(3,4)5/h6-12H,1-5H3/b10-9+. The van der Waals surface area contributed by atoms with Crippen molar-refractivity contribution in [2.24, 2.45) is 0 Å².